The molecule has 2 bridgehead atoms. The fourth-order valence-electron chi connectivity index (χ4n) is 5.37. The zero-order valence-electron chi connectivity index (χ0n) is 15.9. The van der Waals surface area contributed by atoms with Gasteiger partial charge in [0.05, 0.1) is 23.1 Å². The Hall–Kier alpha value is -1.96. The van der Waals surface area contributed by atoms with Crippen molar-refractivity contribution in [2.24, 2.45) is 16.3 Å². The number of aromatic nitrogens is 1. The Morgan fingerprint density at radius 3 is 2.42 bits per heavy atom. The molecule has 2 heteroatoms. The lowest BCUT2D eigenvalue weighted by Crippen LogP contribution is -2.52. The third-order valence-electron chi connectivity index (χ3n) is 7.11. The molecule has 1 heterocycles. The van der Waals surface area contributed by atoms with Crippen LogP contribution in [0.15, 0.2) is 47.5 Å². The predicted octanol–water partition coefficient (Wildman–Crippen LogP) is 6.01. The lowest BCUT2D eigenvalue weighted by atomic mass is 9.47. The van der Waals surface area contributed by atoms with Gasteiger partial charge in [-0.3, -0.25) is 4.99 Å². The van der Waals surface area contributed by atoms with E-state index in [0.717, 1.165) is 5.69 Å². The van der Waals surface area contributed by atoms with Crippen molar-refractivity contribution in [2.45, 2.75) is 64.3 Å². The normalized spacial score (nSPS) is 28.5. The van der Waals surface area contributed by atoms with E-state index in [0.29, 0.717) is 23.3 Å². The Kier molecular flexibility index (Phi) is 3.77. The summed E-state index contributed by atoms with van der Waals surface area (Å²) in [7, 11) is 0. The highest BCUT2D eigenvalue weighted by molar-refractivity contribution is 6.06. The van der Waals surface area contributed by atoms with Gasteiger partial charge in [-0.25, -0.2) is 4.98 Å². The molecule has 0 saturated heterocycles. The standard InChI is InChI=1S/C24H28N2/c1-24(2)19-15-20(24)23(25-17-11-7-4-8-12-17)22-18(19)13-14-21(26-22)16-9-5-3-6-10-16/h3,5-6,9-10,13-14,17,19-20H,4,7-8,11-12,15H2,1-2H3/t19-,20+/m1/s1. The summed E-state index contributed by atoms with van der Waals surface area (Å²) in [6.07, 6.45) is 7.83. The molecule has 2 fully saturated rings. The molecule has 134 valence electrons. The van der Waals surface area contributed by atoms with Crippen LogP contribution in [0.1, 0.15) is 69.5 Å². The highest BCUT2D eigenvalue weighted by atomic mass is 14.9. The number of hydrogen-bond acceptors (Lipinski definition) is 2. The van der Waals surface area contributed by atoms with E-state index in [-0.39, 0.29) is 0 Å². The van der Waals surface area contributed by atoms with Crippen molar-refractivity contribution in [1.82, 2.24) is 4.98 Å². The van der Waals surface area contributed by atoms with Gasteiger partial charge in [0.1, 0.15) is 0 Å². The number of rotatable bonds is 2. The van der Waals surface area contributed by atoms with Crippen molar-refractivity contribution in [3.8, 4) is 11.3 Å². The molecule has 0 aliphatic heterocycles. The van der Waals surface area contributed by atoms with Gasteiger partial charge in [-0.1, -0.05) is 69.5 Å². The topological polar surface area (TPSA) is 25.2 Å². The van der Waals surface area contributed by atoms with E-state index < -0.39 is 0 Å². The second kappa shape index (κ2) is 6.04. The van der Waals surface area contributed by atoms with Crippen molar-refractivity contribution < 1.29 is 0 Å². The SMILES string of the molecule is CC1(C)[C@@H]2C[C@H]1C(=NC1CCCCC1)c1nc(-c3ccccc3)ccc12. The Bertz CT molecular complexity index is 844. The van der Waals surface area contributed by atoms with Crippen LogP contribution in [0.25, 0.3) is 11.3 Å². The maximum absolute atomic E-state index is 5.34. The van der Waals surface area contributed by atoms with Crippen LogP contribution in [0.5, 0.6) is 0 Å². The Labute approximate surface area is 156 Å². The summed E-state index contributed by atoms with van der Waals surface area (Å²) in [4.78, 5) is 10.5. The average molecular weight is 345 g/mol. The molecule has 4 aliphatic rings. The molecule has 4 aliphatic carbocycles. The lowest BCUT2D eigenvalue weighted by molar-refractivity contribution is 0.0766. The quantitative estimate of drug-likeness (QED) is 0.654. The minimum absolute atomic E-state index is 0.330. The van der Waals surface area contributed by atoms with Crippen LogP contribution < -0.4 is 0 Å². The summed E-state index contributed by atoms with van der Waals surface area (Å²) in [5.41, 5.74) is 6.57. The van der Waals surface area contributed by atoms with Crippen LogP contribution in [0.2, 0.25) is 0 Å². The zero-order valence-corrected chi connectivity index (χ0v) is 15.9. The highest BCUT2D eigenvalue weighted by Gasteiger charge is 2.56. The molecule has 0 radical (unpaired) electrons. The van der Waals surface area contributed by atoms with Gasteiger partial charge >= 0.3 is 0 Å². The highest BCUT2D eigenvalue weighted by Crippen LogP contribution is 2.62. The number of benzene rings is 1. The average Bonchev–Trinajstić information content (AvgIpc) is 2.68. The maximum Gasteiger partial charge on any atom is 0.0885 e. The van der Waals surface area contributed by atoms with Crippen LogP contribution in [-0.4, -0.2) is 16.7 Å². The van der Waals surface area contributed by atoms with Gasteiger partial charge in [0.15, 0.2) is 0 Å². The van der Waals surface area contributed by atoms with E-state index in [1.54, 1.807) is 0 Å². The summed E-state index contributed by atoms with van der Waals surface area (Å²) in [5.74, 6) is 1.23. The second-order valence-electron chi connectivity index (χ2n) is 8.97. The first-order chi connectivity index (χ1) is 12.6. The lowest BCUT2D eigenvalue weighted by Gasteiger charge is -2.57. The molecule has 2 aromatic rings. The Morgan fingerprint density at radius 2 is 1.69 bits per heavy atom. The molecule has 2 atom stereocenters. The van der Waals surface area contributed by atoms with Crippen molar-refractivity contribution in [3.63, 3.8) is 0 Å². The molecule has 2 nitrogen and oxygen atoms in total. The molecular formula is C24H28N2. The van der Waals surface area contributed by atoms with Gasteiger partial charge in [-0.05, 0) is 42.2 Å². The molecule has 2 saturated carbocycles. The predicted molar refractivity (Wildman–Crippen MR) is 108 cm³/mol. The van der Waals surface area contributed by atoms with E-state index in [9.17, 15) is 0 Å². The Balaban J connectivity index is 1.61. The molecular weight excluding hydrogens is 316 g/mol. The van der Waals surface area contributed by atoms with Gasteiger partial charge in [0.2, 0.25) is 0 Å². The number of hydrogen-bond donors (Lipinski definition) is 0. The first-order valence-electron chi connectivity index (χ1n) is 10.3. The first kappa shape index (κ1) is 16.2. The summed E-state index contributed by atoms with van der Waals surface area (Å²) >= 11 is 0. The summed E-state index contributed by atoms with van der Waals surface area (Å²) < 4.78 is 0. The molecule has 26 heavy (non-hydrogen) atoms. The third kappa shape index (κ3) is 2.46. The van der Waals surface area contributed by atoms with E-state index >= 15 is 0 Å². The maximum atomic E-state index is 5.34. The molecule has 0 N–H and O–H groups in total. The summed E-state index contributed by atoms with van der Waals surface area (Å²) in [5, 5.41) is 0. The van der Waals surface area contributed by atoms with E-state index in [1.807, 2.05) is 0 Å². The van der Waals surface area contributed by atoms with Crippen LogP contribution in [0, 0.1) is 11.3 Å². The third-order valence-corrected chi connectivity index (χ3v) is 7.11. The number of pyridine rings is 1. The van der Waals surface area contributed by atoms with Crippen LogP contribution >= 0.6 is 0 Å². The molecule has 0 unspecified atom stereocenters. The van der Waals surface area contributed by atoms with Crippen molar-refractivity contribution in [2.75, 3.05) is 0 Å². The Morgan fingerprint density at radius 1 is 0.923 bits per heavy atom. The molecule has 1 aromatic heterocycles. The second-order valence-corrected chi connectivity index (χ2v) is 8.97. The minimum atomic E-state index is 0.330. The van der Waals surface area contributed by atoms with Gasteiger partial charge in [0.25, 0.3) is 0 Å². The van der Waals surface area contributed by atoms with Crippen LogP contribution in [0.3, 0.4) is 0 Å². The van der Waals surface area contributed by atoms with E-state index in [4.69, 9.17) is 9.98 Å². The van der Waals surface area contributed by atoms with Crippen LogP contribution in [-0.2, 0) is 0 Å². The fourth-order valence-corrected chi connectivity index (χ4v) is 5.37. The van der Waals surface area contributed by atoms with Crippen molar-refractivity contribution in [3.05, 3.63) is 53.7 Å². The summed E-state index contributed by atoms with van der Waals surface area (Å²) in [6, 6.07) is 15.6. The van der Waals surface area contributed by atoms with Gasteiger partial charge in [-0.2, -0.15) is 0 Å². The molecule has 0 amide bonds. The van der Waals surface area contributed by atoms with Crippen molar-refractivity contribution >= 4 is 5.71 Å². The zero-order chi connectivity index (χ0) is 17.7. The number of nitrogens with zero attached hydrogens (tertiary/aromatic N) is 2. The van der Waals surface area contributed by atoms with Crippen molar-refractivity contribution in [1.29, 1.82) is 0 Å². The minimum Gasteiger partial charge on any atom is -0.284 e. The number of aliphatic imine (C=N–C) groups is 1. The smallest absolute Gasteiger partial charge is 0.0885 e. The monoisotopic (exact) mass is 344 g/mol. The summed E-state index contributed by atoms with van der Waals surface area (Å²) in [6.45, 7) is 4.85. The van der Waals surface area contributed by atoms with E-state index in [1.165, 1.54) is 61.1 Å². The van der Waals surface area contributed by atoms with Gasteiger partial charge in [0, 0.05) is 11.5 Å². The largest absolute Gasteiger partial charge is 0.284 e. The van der Waals surface area contributed by atoms with Gasteiger partial charge < -0.3 is 0 Å². The molecule has 0 spiro atoms. The molecule has 6 rings (SSSR count). The molecule has 1 aromatic carbocycles. The van der Waals surface area contributed by atoms with Gasteiger partial charge in [-0.15, -0.1) is 0 Å². The fraction of sp³-hybridized carbons (Fsp3) is 0.500. The van der Waals surface area contributed by atoms with E-state index in [2.05, 4.69) is 56.3 Å². The van der Waals surface area contributed by atoms with Crippen LogP contribution in [0.4, 0.5) is 0 Å². The first-order valence-corrected chi connectivity index (χ1v) is 10.3.